The number of para-hydroxylation sites is 4. The maximum Gasteiger partial charge on any atom is 0.130 e. The molecular formula is C68H63N5. The smallest absolute Gasteiger partial charge is 0.130 e. The van der Waals surface area contributed by atoms with Crippen LogP contribution in [-0.2, 0) is 0 Å². The van der Waals surface area contributed by atoms with Crippen LogP contribution >= 0.6 is 0 Å². The predicted octanol–water partition coefficient (Wildman–Crippen LogP) is 18.8. The van der Waals surface area contributed by atoms with Crippen molar-refractivity contribution >= 4 is 51.6 Å². The average molecular weight is 950 g/mol. The van der Waals surface area contributed by atoms with Crippen molar-refractivity contribution in [1.82, 2.24) is 0 Å². The van der Waals surface area contributed by atoms with Crippen LogP contribution in [-0.4, -0.2) is 5.54 Å². The Morgan fingerprint density at radius 2 is 0.932 bits per heavy atom. The molecule has 0 N–H and O–H groups in total. The van der Waals surface area contributed by atoms with E-state index in [1.165, 1.54) is 91.4 Å². The molecule has 1 aliphatic heterocycles. The number of nitrogens with zero attached hydrogens (tertiary/aromatic N) is 5. The van der Waals surface area contributed by atoms with Gasteiger partial charge in [-0.05, 0) is 175 Å². The second-order valence-electron chi connectivity index (χ2n) is 20.4. The van der Waals surface area contributed by atoms with Crippen molar-refractivity contribution in [2.24, 2.45) is 5.92 Å². The van der Waals surface area contributed by atoms with Gasteiger partial charge in [-0.3, -0.25) is 0 Å². The summed E-state index contributed by atoms with van der Waals surface area (Å²) in [4.78, 5) is 7.49. The highest BCUT2D eigenvalue weighted by Gasteiger charge is 2.58. The molecule has 360 valence electrons. The molecule has 3 atom stereocenters. The van der Waals surface area contributed by atoms with Gasteiger partial charge in [0.1, 0.15) is 17.7 Å². The van der Waals surface area contributed by atoms with E-state index in [-0.39, 0.29) is 11.1 Å². The highest BCUT2D eigenvalue weighted by molar-refractivity contribution is 5.83. The number of benzene rings is 8. The third-order valence-corrected chi connectivity index (χ3v) is 16.2. The summed E-state index contributed by atoms with van der Waals surface area (Å²) in [6, 6.07) is 81.5. The quantitative estimate of drug-likeness (QED) is 0.121. The maximum absolute atomic E-state index is 9.63. The standard InChI is InChI=1S/C68H63N5/c69-49-52(50-70)46-51-30-37-64(38-31-51)73-67-43-36-55(53-32-39-62(40-33-53)71(58-22-12-6-13-23-58)59-24-14-7-15-25-59)47-65(67)66-48-56(44-45-68(66,73)57-20-10-4-2-1-3-5-11-21-57)54-34-41-63(42-35-54)72(60-26-16-8-17-27-60)61-28-18-9-19-29-61/h6-9,12-19,22-43,46-47,56-57,66H,1-5,10-11,20-21,44-45,48H2. The monoisotopic (exact) mass is 950 g/mol. The molecule has 3 unspecified atom stereocenters. The van der Waals surface area contributed by atoms with E-state index in [2.05, 4.69) is 239 Å². The summed E-state index contributed by atoms with van der Waals surface area (Å²) in [5.41, 5.74) is 15.5. The molecule has 73 heavy (non-hydrogen) atoms. The fraction of sp³-hybridized carbons (Fsp3) is 0.235. The molecule has 2 fully saturated rings. The molecule has 8 aromatic carbocycles. The molecule has 2 saturated carbocycles. The van der Waals surface area contributed by atoms with Gasteiger partial charge in [0.15, 0.2) is 0 Å². The second kappa shape index (κ2) is 21.7. The second-order valence-corrected chi connectivity index (χ2v) is 20.4. The van der Waals surface area contributed by atoms with Gasteiger partial charge in [0.25, 0.3) is 0 Å². The number of fused-ring (bicyclic) bond motifs is 3. The topological polar surface area (TPSA) is 57.3 Å². The van der Waals surface area contributed by atoms with Crippen molar-refractivity contribution in [2.75, 3.05) is 14.7 Å². The van der Waals surface area contributed by atoms with E-state index in [1.807, 2.05) is 0 Å². The van der Waals surface area contributed by atoms with Crippen molar-refractivity contribution < 1.29 is 0 Å². The largest absolute Gasteiger partial charge is 0.334 e. The van der Waals surface area contributed by atoms with E-state index in [1.54, 1.807) is 6.08 Å². The molecule has 0 saturated heterocycles. The Bertz CT molecular complexity index is 3110. The van der Waals surface area contributed by atoms with Crippen LogP contribution in [0.2, 0.25) is 0 Å². The van der Waals surface area contributed by atoms with Gasteiger partial charge >= 0.3 is 0 Å². The van der Waals surface area contributed by atoms with E-state index in [0.29, 0.717) is 17.8 Å². The lowest BCUT2D eigenvalue weighted by molar-refractivity contribution is 0.141. The Morgan fingerprint density at radius 3 is 1.42 bits per heavy atom. The maximum atomic E-state index is 9.63. The Morgan fingerprint density at radius 1 is 0.479 bits per heavy atom. The number of anilines is 8. The lowest BCUT2D eigenvalue weighted by atomic mass is 9.59. The van der Waals surface area contributed by atoms with Crippen LogP contribution in [0.4, 0.5) is 45.5 Å². The van der Waals surface area contributed by atoms with Crippen molar-refractivity contribution in [2.45, 2.75) is 94.4 Å². The third kappa shape index (κ3) is 9.69. The lowest BCUT2D eigenvalue weighted by Gasteiger charge is -2.53. The molecule has 5 heteroatoms. The van der Waals surface area contributed by atoms with E-state index in [9.17, 15) is 10.5 Å². The van der Waals surface area contributed by atoms with Crippen molar-refractivity contribution in [3.05, 3.63) is 235 Å². The van der Waals surface area contributed by atoms with E-state index in [4.69, 9.17) is 0 Å². The third-order valence-electron chi connectivity index (χ3n) is 16.2. The number of nitriles is 2. The van der Waals surface area contributed by atoms with Gasteiger partial charge in [0.2, 0.25) is 0 Å². The van der Waals surface area contributed by atoms with Crippen LogP contribution < -0.4 is 14.7 Å². The van der Waals surface area contributed by atoms with Crippen LogP contribution in [0.1, 0.15) is 106 Å². The van der Waals surface area contributed by atoms with Crippen molar-refractivity contribution in [3.63, 3.8) is 0 Å². The lowest BCUT2D eigenvalue weighted by Crippen LogP contribution is -2.54. The van der Waals surface area contributed by atoms with Crippen molar-refractivity contribution in [1.29, 1.82) is 10.5 Å². The molecule has 0 bridgehead atoms. The van der Waals surface area contributed by atoms with Gasteiger partial charge in [-0.25, -0.2) is 0 Å². The van der Waals surface area contributed by atoms with Crippen LogP contribution in [0.25, 0.3) is 17.2 Å². The van der Waals surface area contributed by atoms with Gasteiger partial charge in [0.05, 0.1) is 5.54 Å². The molecule has 3 aliphatic rings. The van der Waals surface area contributed by atoms with E-state index >= 15 is 0 Å². The average Bonchev–Trinajstić information content (AvgIpc) is 3.76. The van der Waals surface area contributed by atoms with Crippen LogP contribution in [0, 0.1) is 28.6 Å². The summed E-state index contributed by atoms with van der Waals surface area (Å²) in [6.07, 6.45) is 16.6. The number of hydrogen-bond acceptors (Lipinski definition) is 5. The molecule has 0 radical (unpaired) electrons. The molecule has 0 amide bonds. The van der Waals surface area contributed by atoms with Gasteiger partial charge in [-0.15, -0.1) is 0 Å². The van der Waals surface area contributed by atoms with Gasteiger partial charge < -0.3 is 14.7 Å². The fourth-order valence-electron chi connectivity index (χ4n) is 12.8. The number of allylic oxidation sites excluding steroid dienone is 1. The molecule has 0 aromatic heterocycles. The summed E-state index contributed by atoms with van der Waals surface area (Å²) < 4.78 is 0. The van der Waals surface area contributed by atoms with Gasteiger partial charge in [-0.2, -0.15) is 10.5 Å². The molecule has 1 heterocycles. The predicted molar refractivity (Wildman–Crippen MR) is 303 cm³/mol. The minimum absolute atomic E-state index is 0.116. The van der Waals surface area contributed by atoms with Crippen LogP contribution in [0.5, 0.6) is 0 Å². The summed E-state index contributed by atoms with van der Waals surface area (Å²) >= 11 is 0. The molecule has 8 aromatic rings. The van der Waals surface area contributed by atoms with Crippen LogP contribution in [0.3, 0.4) is 0 Å². The molecule has 0 spiro atoms. The first-order valence-electron chi connectivity index (χ1n) is 26.7. The Balaban J connectivity index is 1.01. The number of rotatable bonds is 11. The first-order valence-corrected chi connectivity index (χ1v) is 26.7. The Labute approximate surface area is 432 Å². The highest BCUT2D eigenvalue weighted by atomic mass is 15.3. The molecule has 5 nitrogen and oxygen atoms in total. The van der Waals surface area contributed by atoms with Crippen LogP contribution in [0.15, 0.2) is 218 Å². The zero-order valence-electron chi connectivity index (χ0n) is 41.7. The fourth-order valence-corrected chi connectivity index (χ4v) is 12.8. The van der Waals surface area contributed by atoms with Gasteiger partial charge in [0, 0.05) is 51.4 Å². The molecule has 11 rings (SSSR count). The SMILES string of the molecule is N#CC(C#N)=Cc1ccc(N2c3ccc(-c4ccc(N(c5ccccc5)c5ccccc5)cc4)cc3C3CC(c4ccc(N(c5ccccc5)c5ccccc5)cc4)CCC32C2CCCCCCCCC2)cc1. The minimum atomic E-state index is -0.119. The summed E-state index contributed by atoms with van der Waals surface area (Å²) in [7, 11) is 0. The summed E-state index contributed by atoms with van der Waals surface area (Å²) in [6.45, 7) is 0. The van der Waals surface area contributed by atoms with Crippen molar-refractivity contribution in [3.8, 4) is 23.3 Å². The molecule has 2 aliphatic carbocycles. The zero-order chi connectivity index (χ0) is 49.4. The molecular weight excluding hydrogens is 887 g/mol. The highest BCUT2D eigenvalue weighted by Crippen LogP contribution is 2.64. The number of hydrogen-bond donors (Lipinski definition) is 0. The summed E-state index contributed by atoms with van der Waals surface area (Å²) in [5, 5.41) is 19.3. The first-order chi connectivity index (χ1) is 36.1. The minimum Gasteiger partial charge on any atom is -0.334 e. The van der Waals surface area contributed by atoms with E-state index < -0.39 is 0 Å². The zero-order valence-corrected chi connectivity index (χ0v) is 41.7. The summed E-state index contributed by atoms with van der Waals surface area (Å²) in [5.74, 6) is 1.21. The Hall–Kier alpha value is -8.12. The normalized spacial score (nSPS) is 18.8. The van der Waals surface area contributed by atoms with Gasteiger partial charge in [-0.1, -0.05) is 160 Å². The first kappa shape index (κ1) is 47.2. The Kier molecular flexibility index (Phi) is 14.0. The van der Waals surface area contributed by atoms with E-state index in [0.717, 1.165) is 59.0 Å².